The van der Waals surface area contributed by atoms with Gasteiger partial charge in [-0.15, -0.1) is 0 Å². The van der Waals surface area contributed by atoms with Crippen LogP contribution in [0.15, 0.2) is 0 Å². The second-order valence-corrected chi connectivity index (χ2v) is 0.394. The molecule has 0 heterocycles. The summed E-state index contributed by atoms with van der Waals surface area (Å²) in [6.07, 6.45) is 1.83. The van der Waals surface area contributed by atoms with Gasteiger partial charge in [-0.2, -0.15) is 0 Å². The Labute approximate surface area is 64.4 Å². The molecule has 0 spiro atoms. The van der Waals surface area contributed by atoms with E-state index in [2.05, 4.69) is 6.92 Å². The molecule has 2 heteroatoms. The predicted molar refractivity (Wildman–Crippen MR) is 22.1 cm³/mol. The Bertz CT molecular complexity index is 21.5. The summed E-state index contributed by atoms with van der Waals surface area (Å²) in [5.74, 6) is 0. The molecule has 0 saturated heterocycles. The van der Waals surface area contributed by atoms with Crippen LogP contribution in [0.3, 0.4) is 0 Å². The molecule has 0 aromatic rings. The van der Waals surface area contributed by atoms with Crippen molar-refractivity contribution in [1.29, 1.82) is 0 Å². The summed E-state index contributed by atoms with van der Waals surface area (Å²) in [4.78, 5) is 8.99. The third kappa shape index (κ3) is 21.6. The molecule has 0 amide bonds. The van der Waals surface area contributed by atoms with Crippen LogP contribution in [0.25, 0.3) is 0 Å². The molecular formula is C4H7OY. The van der Waals surface area contributed by atoms with E-state index in [0.717, 1.165) is 0 Å². The van der Waals surface area contributed by atoms with E-state index in [1.54, 1.807) is 6.29 Å². The summed E-state index contributed by atoms with van der Waals surface area (Å²) in [5.41, 5.74) is 0. The minimum atomic E-state index is 0. The molecule has 0 aliphatic heterocycles. The summed E-state index contributed by atoms with van der Waals surface area (Å²) in [6.45, 7) is 3.18. The average molecular weight is 160 g/mol. The predicted octanol–water partition coefficient (Wildman–Crippen LogP) is 0.768. The Kier molecular flexibility index (Phi) is 45.2. The molecule has 0 aliphatic rings. The Morgan fingerprint density at radius 2 is 1.83 bits per heavy atom. The van der Waals surface area contributed by atoms with Gasteiger partial charge in [0.1, 0.15) is 0 Å². The molecule has 0 atom stereocenters. The second-order valence-electron chi connectivity index (χ2n) is 0.394. The van der Waals surface area contributed by atoms with Gasteiger partial charge in [-0.05, 0) is 0 Å². The molecule has 32 valence electrons. The van der Waals surface area contributed by atoms with Crippen molar-refractivity contribution in [2.24, 2.45) is 0 Å². The Morgan fingerprint density at radius 1 is 1.67 bits per heavy atom. The van der Waals surface area contributed by atoms with Crippen LogP contribution in [-0.2, 0) is 37.5 Å². The minimum Gasteiger partial charge on any atom is -0.544 e. The van der Waals surface area contributed by atoms with E-state index in [0.29, 0.717) is 0 Å². The topological polar surface area (TPSA) is 17.1 Å². The van der Waals surface area contributed by atoms with E-state index in [9.17, 15) is 0 Å². The molecule has 0 aromatic heterocycles. The zero-order valence-electron chi connectivity index (χ0n) is 3.90. The number of carbonyl (C=O) groups excluding carboxylic acids is 1. The van der Waals surface area contributed by atoms with Crippen LogP contribution in [0.4, 0.5) is 0 Å². The van der Waals surface area contributed by atoms with Gasteiger partial charge in [0.25, 0.3) is 0 Å². The van der Waals surface area contributed by atoms with Crippen LogP contribution in [-0.4, -0.2) is 6.29 Å². The first-order chi connectivity index (χ1) is 1.91. The van der Waals surface area contributed by atoms with Crippen molar-refractivity contribution in [1.82, 2.24) is 0 Å². The van der Waals surface area contributed by atoms with Gasteiger partial charge < -0.3 is 19.1 Å². The van der Waals surface area contributed by atoms with Gasteiger partial charge in [0.05, 0.1) is 0 Å². The molecule has 0 unspecified atom stereocenters. The molecular weight excluding hydrogens is 153 g/mol. The molecule has 0 radical (unpaired) electrons. The molecule has 0 rings (SSSR count). The Hall–Kier alpha value is 0.774. The molecule has 0 aromatic carbocycles. The quantitative estimate of drug-likeness (QED) is 0.517. The van der Waals surface area contributed by atoms with E-state index >= 15 is 0 Å². The molecule has 1 nitrogen and oxygen atoms in total. The van der Waals surface area contributed by atoms with Gasteiger partial charge in [0.15, 0.2) is 0 Å². The first-order valence-electron chi connectivity index (χ1n) is 1.06. The van der Waals surface area contributed by atoms with Gasteiger partial charge in [0, 0.05) is 0 Å². The maximum Gasteiger partial charge on any atom is 3.00 e. The molecule has 6 heavy (non-hydrogen) atoms. The van der Waals surface area contributed by atoms with Crippen LogP contribution in [0.5, 0.6) is 0 Å². The number of hydrogen-bond acceptors (Lipinski definition) is 1. The number of hydrogen-bond donors (Lipinski definition) is 0. The first kappa shape index (κ1) is 15.9. The monoisotopic (exact) mass is 160 g/mol. The van der Waals surface area contributed by atoms with Crippen LogP contribution < -0.4 is 0 Å². The average Bonchev–Trinajstić information content (AvgIpc) is 1.37. The summed E-state index contributed by atoms with van der Waals surface area (Å²) in [6, 6.07) is 0. The van der Waals surface area contributed by atoms with Gasteiger partial charge >= 0.3 is 32.7 Å². The third-order valence-electron chi connectivity index (χ3n) is 0.102. The van der Waals surface area contributed by atoms with Gasteiger partial charge in [-0.1, -0.05) is 0 Å². The maximum absolute atomic E-state index is 8.99. The number of rotatable bonds is 1. The maximum atomic E-state index is 8.99. The summed E-state index contributed by atoms with van der Waals surface area (Å²) in [5, 5.41) is 0. The van der Waals surface area contributed by atoms with Gasteiger partial charge in [0.2, 0.25) is 0 Å². The zero-order valence-corrected chi connectivity index (χ0v) is 6.74. The SMILES string of the molecule is [CH2-]C[C-]=O.[CH3-].[Y+3]. The fraction of sp³-hybridized carbons (Fsp3) is 0.250. The Morgan fingerprint density at radius 3 is 1.83 bits per heavy atom. The van der Waals surface area contributed by atoms with Crippen LogP contribution in [0.1, 0.15) is 6.42 Å². The van der Waals surface area contributed by atoms with E-state index < -0.39 is 0 Å². The molecule has 0 N–H and O–H groups in total. The van der Waals surface area contributed by atoms with Crippen molar-refractivity contribution in [2.45, 2.75) is 6.42 Å². The summed E-state index contributed by atoms with van der Waals surface area (Å²) < 4.78 is 0. The van der Waals surface area contributed by atoms with Gasteiger partial charge in [-0.3, -0.25) is 12.7 Å². The third-order valence-corrected chi connectivity index (χ3v) is 0.102. The zero-order chi connectivity index (χ0) is 3.41. The van der Waals surface area contributed by atoms with Crippen molar-refractivity contribution < 1.29 is 37.5 Å². The van der Waals surface area contributed by atoms with Crippen molar-refractivity contribution >= 4 is 6.29 Å². The fourth-order valence-electron chi connectivity index (χ4n) is 0. The Balaban J connectivity index is -0.0000000450. The van der Waals surface area contributed by atoms with E-state index in [1.165, 1.54) is 0 Å². The fourth-order valence-corrected chi connectivity index (χ4v) is 0. The molecule has 0 aliphatic carbocycles. The van der Waals surface area contributed by atoms with Crippen molar-refractivity contribution in [2.75, 3.05) is 0 Å². The standard InChI is InChI=1S/C3H4O.CH3.Y/c1-2-3-4;;/h1-2H2;1H3;/q-2;-1;+3. The largest absolute Gasteiger partial charge is 3.00 e. The summed E-state index contributed by atoms with van der Waals surface area (Å²) in [7, 11) is 0. The van der Waals surface area contributed by atoms with Crippen molar-refractivity contribution in [3.8, 4) is 0 Å². The van der Waals surface area contributed by atoms with E-state index in [-0.39, 0.29) is 46.6 Å². The van der Waals surface area contributed by atoms with Crippen LogP contribution in [0, 0.1) is 14.4 Å². The normalized spacial score (nSPS) is 4.17. The molecule has 0 fully saturated rings. The van der Waals surface area contributed by atoms with Crippen molar-refractivity contribution in [3.63, 3.8) is 0 Å². The summed E-state index contributed by atoms with van der Waals surface area (Å²) >= 11 is 0. The van der Waals surface area contributed by atoms with E-state index in [4.69, 9.17) is 4.79 Å². The van der Waals surface area contributed by atoms with Crippen LogP contribution >= 0.6 is 0 Å². The van der Waals surface area contributed by atoms with Crippen molar-refractivity contribution in [3.05, 3.63) is 14.4 Å². The second kappa shape index (κ2) is 17.1. The molecule has 0 saturated carbocycles. The van der Waals surface area contributed by atoms with E-state index in [1.807, 2.05) is 0 Å². The smallest absolute Gasteiger partial charge is 0.544 e. The van der Waals surface area contributed by atoms with Crippen LogP contribution in [0.2, 0.25) is 0 Å². The van der Waals surface area contributed by atoms with Gasteiger partial charge in [-0.25, -0.2) is 0 Å². The first-order valence-corrected chi connectivity index (χ1v) is 1.06. The minimum absolute atomic E-state index is 0. The molecule has 0 bridgehead atoms.